The number of sulfonamides is 1. The summed E-state index contributed by atoms with van der Waals surface area (Å²) in [7, 11) is -0.858. The van der Waals surface area contributed by atoms with E-state index < -0.39 is 15.9 Å². The van der Waals surface area contributed by atoms with Gasteiger partial charge < -0.3 is 10.1 Å². The molecular weight excluding hydrogens is 328 g/mol. The monoisotopic (exact) mass is 348 g/mol. The Hall–Kier alpha value is -2.38. The SMILES string of the molecule is COc1ccc(S(=O)(=O)N(C)CC(=O)Nc2ccccc2)cc1C. The molecule has 0 unspecified atom stereocenters. The number of aryl methyl sites for hydroxylation is 1. The molecule has 0 fully saturated rings. The van der Waals surface area contributed by atoms with Gasteiger partial charge in [0.25, 0.3) is 0 Å². The lowest BCUT2D eigenvalue weighted by molar-refractivity contribution is -0.116. The predicted molar refractivity (Wildman–Crippen MR) is 92.6 cm³/mol. The highest BCUT2D eigenvalue weighted by molar-refractivity contribution is 7.89. The normalized spacial score (nSPS) is 11.3. The van der Waals surface area contributed by atoms with Gasteiger partial charge in [-0.05, 0) is 42.8 Å². The number of benzene rings is 2. The molecule has 2 rings (SSSR count). The molecule has 0 radical (unpaired) electrons. The predicted octanol–water partition coefficient (Wildman–Crippen LogP) is 2.26. The van der Waals surface area contributed by atoms with Crippen LogP contribution in [0.1, 0.15) is 5.56 Å². The zero-order chi connectivity index (χ0) is 17.7. The van der Waals surface area contributed by atoms with Gasteiger partial charge in [0, 0.05) is 12.7 Å². The third-order valence-electron chi connectivity index (χ3n) is 3.50. The molecule has 2 aromatic rings. The van der Waals surface area contributed by atoms with Crippen LogP contribution in [-0.4, -0.2) is 39.3 Å². The van der Waals surface area contributed by atoms with Crippen LogP contribution in [0.25, 0.3) is 0 Å². The molecule has 2 aromatic carbocycles. The van der Waals surface area contributed by atoms with E-state index in [0.717, 1.165) is 4.31 Å². The molecule has 6 nitrogen and oxygen atoms in total. The molecule has 7 heteroatoms. The Morgan fingerprint density at radius 2 is 1.83 bits per heavy atom. The summed E-state index contributed by atoms with van der Waals surface area (Å²) in [6.45, 7) is 1.49. The Bertz CT molecular complexity index is 820. The first-order chi connectivity index (χ1) is 11.3. The number of methoxy groups -OCH3 is 1. The van der Waals surface area contributed by atoms with E-state index in [4.69, 9.17) is 4.74 Å². The first kappa shape index (κ1) is 18.0. The number of anilines is 1. The smallest absolute Gasteiger partial charge is 0.243 e. The summed E-state index contributed by atoms with van der Waals surface area (Å²) in [6, 6.07) is 13.5. The van der Waals surface area contributed by atoms with E-state index in [2.05, 4.69) is 5.32 Å². The molecule has 128 valence electrons. The van der Waals surface area contributed by atoms with Gasteiger partial charge in [-0.3, -0.25) is 4.79 Å². The Balaban J connectivity index is 2.11. The first-order valence-corrected chi connectivity index (χ1v) is 8.74. The van der Waals surface area contributed by atoms with Gasteiger partial charge in [0.1, 0.15) is 5.75 Å². The van der Waals surface area contributed by atoms with Crippen LogP contribution in [0.5, 0.6) is 5.75 Å². The van der Waals surface area contributed by atoms with E-state index >= 15 is 0 Å². The first-order valence-electron chi connectivity index (χ1n) is 7.30. The molecular formula is C17H20N2O4S. The van der Waals surface area contributed by atoms with Gasteiger partial charge in [0.05, 0.1) is 18.6 Å². The molecule has 24 heavy (non-hydrogen) atoms. The van der Waals surface area contributed by atoms with Gasteiger partial charge in [-0.2, -0.15) is 4.31 Å². The lowest BCUT2D eigenvalue weighted by atomic mass is 10.2. The Kier molecular flexibility index (Phi) is 5.58. The minimum atomic E-state index is -3.76. The highest BCUT2D eigenvalue weighted by Gasteiger charge is 2.23. The van der Waals surface area contributed by atoms with E-state index in [1.807, 2.05) is 6.07 Å². The number of nitrogens with one attached hydrogen (secondary N) is 1. The summed E-state index contributed by atoms with van der Waals surface area (Å²) < 4.78 is 31.3. The summed E-state index contributed by atoms with van der Waals surface area (Å²) >= 11 is 0. The second-order valence-corrected chi connectivity index (χ2v) is 7.35. The highest BCUT2D eigenvalue weighted by Crippen LogP contribution is 2.23. The number of rotatable bonds is 6. The lowest BCUT2D eigenvalue weighted by Crippen LogP contribution is -2.35. The topological polar surface area (TPSA) is 75.7 Å². The van der Waals surface area contributed by atoms with Gasteiger partial charge in [-0.15, -0.1) is 0 Å². The van der Waals surface area contributed by atoms with Crippen LogP contribution in [-0.2, 0) is 14.8 Å². The molecule has 0 saturated carbocycles. The number of hydrogen-bond donors (Lipinski definition) is 1. The average Bonchev–Trinajstić information content (AvgIpc) is 2.55. The molecule has 0 aliphatic rings. The zero-order valence-electron chi connectivity index (χ0n) is 13.8. The van der Waals surface area contributed by atoms with Crippen molar-refractivity contribution >= 4 is 21.6 Å². The molecule has 0 aliphatic heterocycles. The summed E-state index contributed by atoms with van der Waals surface area (Å²) in [4.78, 5) is 12.2. The van der Waals surface area contributed by atoms with Crippen molar-refractivity contribution in [3.63, 3.8) is 0 Å². The van der Waals surface area contributed by atoms with Crippen molar-refractivity contribution in [3.05, 3.63) is 54.1 Å². The molecule has 1 N–H and O–H groups in total. The number of ether oxygens (including phenoxy) is 1. The Labute approximate surface area is 142 Å². The molecule has 1 amide bonds. The maximum atomic E-state index is 12.6. The van der Waals surface area contributed by atoms with Gasteiger partial charge in [-0.25, -0.2) is 8.42 Å². The largest absolute Gasteiger partial charge is 0.496 e. The van der Waals surface area contributed by atoms with Crippen LogP contribution in [0.3, 0.4) is 0 Å². The van der Waals surface area contributed by atoms with E-state index in [0.29, 0.717) is 17.0 Å². The van der Waals surface area contributed by atoms with Crippen molar-refractivity contribution in [2.24, 2.45) is 0 Å². The summed E-state index contributed by atoms with van der Waals surface area (Å²) in [5.41, 5.74) is 1.33. The molecule has 0 heterocycles. The van der Waals surface area contributed by atoms with Crippen molar-refractivity contribution in [2.45, 2.75) is 11.8 Å². The number of carbonyl (C=O) groups is 1. The van der Waals surface area contributed by atoms with Crippen LogP contribution in [0.15, 0.2) is 53.4 Å². The molecule has 0 spiro atoms. The molecule has 0 saturated heterocycles. The van der Waals surface area contributed by atoms with Crippen molar-refractivity contribution < 1.29 is 17.9 Å². The van der Waals surface area contributed by atoms with Crippen LogP contribution in [0.4, 0.5) is 5.69 Å². The second kappa shape index (κ2) is 7.46. The van der Waals surface area contributed by atoms with Crippen LogP contribution in [0, 0.1) is 6.92 Å². The number of hydrogen-bond acceptors (Lipinski definition) is 4. The maximum Gasteiger partial charge on any atom is 0.243 e. The standard InChI is InChI=1S/C17H20N2O4S/c1-13-11-15(9-10-16(13)23-3)24(21,22)19(2)12-17(20)18-14-7-5-4-6-8-14/h4-11H,12H2,1-3H3,(H,18,20). The van der Waals surface area contributed by atoms with Crippen LogP contribution >= 0.6 is 0 Å². The zero-order valence-corrected chi connectivity index (χ0v) is 14.6. The third-order valence-corrected chi connectivity index (χ3v) is 5.30. The van der Waals surface area contributed by atoms with E-state index in [1.165, 1.54) is 26.3 Å². The molecule has 0 bridgehead atoms. The summed E-state index contributed by atoms with van der Waals surface area (Å²) in [6.07, 6.45) is 0. The van der Waals surface area contributed by atoms with Crippen LogP contribution in [0.2, 0.25) is 0 Å². The molecule has 0 aromatic heterocycles. The van der Waals surface area contributed by atoms with Gasteiger partial charge in [-0.1, -0.05) is 18.2 Å². The minimum absolute atomic E-state index is 0.121. The van der Waals surface area contributed by atoms with Crippen molar-refractivity contribution in [1.82, 2.24) is 4.31 Å². The number of likely N-dealkylation sites (N-methyl/N-ethyl adjacent to an activating group) is 1. The third kappa shape index (κ3) is 4.12. The van der Waals surface area contributed by atoms with E-state index in [9.17, 15) is 13.2 Å². The number of para-hydroxylation sites is 1. The number of carbonyl (C=O) groups excluding carboxylic acids is 1. The second-order valence-electron chi connectivity index (χ2n) is 5.31. The summed E-state index contributed by atoms with van der Waals surface area (Å²) in [5.74, 6) is 0.205. The molecule has 0 aliphatic carbocycles. The van der Waals surface area contributed by atoms with Gasteiger partial charge >= 0.3 is 0 Å². The highest BCUT2D eigenvalue weighted by atomic mass is 32.2. The van der Waals surface area contributed by atoms with Gasteiger partial charge in [0.15, 0.2) is 0 Å². The maximum absolute atomic E-state index is 12.6. The number of amides is 1. The van der Waals surface area contributed by atoms with Crippen LogP contribution < -0.4 is 10.1 Å². The fraction of sp³-hybridized carbons (Fsp3) is 0.235. The minimum Gasteiger partial charge on any atom is -0.496 e. The van der Waals surface area contributed by atoms with Gasteiger partial charge in [0.2, 0.25) is 15.9 Å². The number of nitrogens with zero attached hydrogens (tertiary/aromatic N) is 1. The van der Waals surface area contributed by atoms with E-state index in [-0.39, 0.29) is 11.4 Å². The van der Waals surface area contributed by atoms with Crippen molar-refractivity contribution in [1.29, 1.82) is 0 Å². The van der Waals surface area contributed by atoms with E-state index in [1.54, 1.807) is 37.3 Å². The lowest BCUT2D eigenvalue weighted by Gasteiger charge is -2.17. The Morgan fingerprint density at radius 1 is 1.17 bits per heavy atom. The fourth-order valence-corrected chi connectivity index (χ4v) is 3.41. The Morgan fingerprint density at radius 3 is 2.42 bits per heavy atom. The summed E-state index contributed by atoms with van der Waals surface area (Å²) in [5, 5.41) is 2.66. The molecule has 0 atom stereocenters. The van der Waals surface area contributed by atoms with Crippen molar-refractivity contribution in [2.75, 3.05) is 26.0 Å². The quantitative estimate of drug-likeness (QED) is 0.869. The van der Waals surface area contributed by atoms with Crippen molar-refractivity contribution in [3.8, 4) is 5.75 Å². The average molecular weight is 348 g/mol. The fourth-order valence-electron chi connectivity index (χ4n) is 2.20.